The Morgan fingerprint density at radius 1 is 0.973 bits per heavy atom. The monoisotopic (exact) mass is 500 g/mol. The van der Waals surface area contributed by atoms with Gasteiger partial charge >= 0.3 is 6.03 Å². The van der Waals surface area contributed by atoms with Crippen molar-refractivity contribution in [1.29, 1.82) is 0 Å². The molecule has 3 aromatic carbocycles. The van der Waals surface area contributed by atoms with E-state index in [1.807, 2.05) is 69.3 Å². The summed E-state index contributed by atoms with van der Waals surface area (Å²) in [5.41, 5.74) is 2.02. The Hall–Kier alpha value is -4.00. The zero-order valence-electron chi connectivity index (χ0n) is 21.7. The molecule has 37 heavy (non-hydrogen) atoms. The number of carbonyl (C=O) groups excluding carboxylic acids is 2. The molecule has 0 saturated carbocycles. The number of fused-ring (bicyclic) bond motifs is 4. The van der Waals surface area contributed by atoms with E-state index in [4.69, 9.17) is 14.2 Å². The fourth-order valence-corrected chi connectivity index (χ4v) is 5.26. The summed E-state index contributed by atoms with van der Waals surface area (Å²) in [5.74, 6) is 1.32. The predicted molar refractivity (Wildman–Crippen MR) is 141 cm³/mol. The molecular weight excluding hydrogens is 468 g/mol. The Kier molecular flexibility index (Phi) is 6.54. The maximum Gasteiger partial charge on any atom is 0.335 e. The molecule has 7 heteroatoms. The Morgan fingerprint density at radius 2 is 1.73 bits per heavy atom. The van der Waals surface area contributed by atoms with Gasteiger partial charge < -0.3 is 14.2 Å². The van der Waals surface area contributed by atoms with E-state index in [1.165, 1.54) is 4.90 Å². The van der Waals surface area contributed by atoms with Crippen LogP contribution in [0.3, 0.4) is 0 Å². The third-order valence-electron chi connectivity index (χ3n) is 6.95. The maximum absolute atomic E-state index is 14.2. The molecule has 3 aromatic rings. The Morgan fingerprint density at radius 3 is 2.49 bits per heavy atom. The Balaban J connectivity index is 1.62. The molecular formula is C30H32N2O5. The third-order valence-corrected chi connectivity index (χ3v) is 6.95. The molecule has 7 nitrogen and oxygen atoms in total. The number of aryl methyl sites for hydroxylation is 1. The van der Waals surface area contributed by atoms with Gasteiger partial charge in [-0.25, -0.2) is 4.79 Å². The van der Waals surface area contributed by atoms with Gasteiger partial charge in [-0.05, 0) is 69.2 Å². The number of carbonyl (C=O) groups is 2. The lowest BCUT2D eigenvalue weighted by Crippen LogP contribution is -2.67. The molecule has 1 saturated heterocycles. The van der Waals surface area contributed by atoms with Gasteiger partial charge in [0.25, 0.3) is 5.91 Å². The molecule has 2 bridgehead atoms. The molecule has 0 radical (unpaired) electrons. The molecule has 0 spiro atoms. The van der Waals surface area contributed by atoms with Crippen LogP contribution in [0.15, 0.2) is 66.7 Å². The second-order valence-electron chi connectivity index (χ2n) is 9.38. The van der Waals surface area contributed by atoms with Crippen molar-refractivity contribution < 1.29 is 23.8 Å². The Labute approximate surface area is 217 Å². The molecule has 0 aliphatic carbocycles. The predicted octanol–water partition coefficient (Wildman–Crippen LogP) is 6.37. The smallest absolute Gasteiger partial charge is 0.335 e. The minimum absolute atomic E-state index is 0.357. The van der Waals surface area contributed by atoms with Crippen LogP contribution in [0, 0.1) is 0 Å². The van der Waals surface area contributed by atoms with E-state index in [-0.39, 0.29) is 0 Å². The van der Waals surface area contributed by atoms with E-state index >= 15 is 0 Å². The summed E-state index contributed by atoms with van der Waals surface area (Å²) in [6.07, 6.45) is 1.27. The van der Waals surface area contributed by atoms with E-state index in [0.717, 1.165) is 17.5 Å². The highest BCUT2D eigenvalue weighted by molar-refractivity contribution is 6.10. The number of rotatable bonds is 7. The average molecular weight is 501 g/mol. The minimum Gasteiger partial charge on any atom is -0.490 e. The molecule has 2 atom stereocenters. The molecule has 1 fully saturated rings. The number of anilines is 1. The van der Waals surface area contributed by atoms with Crippen LogP contribution in [0.5, 0.6) is 17.2 Å². The van der Waals surface area contributed by atoms with Crippen molar-refractivity contribution in [3.63, 3.8) is 0 Å². The van der Waals surface area contributed by atoms with Crippen LogP contribution in [0.1, 0.15) is 61.6 Å². The number of urea groups is 1. The molecule has 2 aliphatic rings. The van der Waals surface area contributed by atoms with Gasteiger partial charge in [-0.15, -0.1) is 0 Å². The highest BCUT2D eigenvalue weighted by atomic mass is 16.5. The van der Waals surface area contributed by atoms with Gasteiger partial charge in [0.15, 0.2) is 17.2 Å². The van der Waals surface area contributed by atoms with Crippen molar-refractivity contribution in [2.24, 2.45) is 0 Å². The van der Waals surface area contributed by atoms with Gasteiger partial charge in [-0.2, -0.15) is 0 Å². The summed E-state index contributed by atoms with van der Waals surface area (Å²) in [6.45, 7) is 8.65. The van der Waals surface area contributed by atoms with E-state index in [2.05, 4.69) is 6.92 Å². The van der Waals surface area contributed by atoms with Gasteiger partial charge in [0, 0.05) is 23.2 Å². The molecule has 0 unspecified atom stereocenters. The first kappa shape index (κ1) is 24.7. The Bertz CT molecular complexity index is 1340. The summed E-state index contributed by atoms with van der Waals surface area (Å²) < 4.78 is 17.9. The molecule has 0 aromatic heterocycles. The molecule has 5 rings (SSSR count). The van der Waals surface area contributed by atoms with Crippen LogP contribution < -0.4 is 19.1 Å². The van der Waals surface area contributed by atoms with Gasteiger partial charge in [0.1, 0.15) is 5.75 Å². The van der Waals surface area contributed by atoms with E-state index in [9.17, 15) is 9.59 Å². The number of imide groups is 1. The fraction of sp³-hybridized carbons (Fsp3) is 0.333. The highest BCUT2D eigenvalue weighted by Crippen LogP contribution is 2.50. The first-order valence-electron chi connectivity index (χ1n) is 12.8. The van der Waals surface area contributed by atoms with Crippen LogP contribution in [-0.2, 0) is 6.42 Å². The number of hydrogen-bond donors (Lipinski definition) is 0. The van der Waals surface area contributed by atoms with Crippen molar-refractivity contribution in [2.75, 3.05) is 18.1 Å². The standard InChI is InChI=1S/C30H32N2O5/c1-5-20-11-10-12-22(17-20)32-29(34)31(24-19-30(32,4)37-25-14-9-8-13-23(24)25)28(33)21-15-16-26(35-6-2)27(18-21)36-7-3/h8-18,24H,5-7,19H2,1-4H3/t24-,30+/m0/s1. The molecule has 2 aliphatic heterocycles. The number of benzene rings is 3. The minimum atomic E-state index is -0.950. The van der Waals surface area contributed by atoms with E-state index in [1.54, 1.807) is 23.1 Å². The summed E-state index contributed by atoms with van der Waals surface area (Å²) in [5, 5.41) is 0. The maximum atomic E-state index is 14.2. The normalized spacial score (nSPS) is 20.2. The van der Waals surface area contributed by atoms with Crippen molar-refractivity contribution >= 4 is 17.6 Å². The summed E-state index contributed by atoms with van der Waals surface area (Å²) >= 11 is 0. The summed E-state index contributed by atoms with van der Waals surface area (Å²) in [6, 6.07) is 19.6. The number of hydrogen-bond acceptors (Lipinski definition) is 5. The average Bonchev–Trinajstić information content (AvgIpc) is 2.89. The number of amides is 3. The first-order chi connectivity index (χ1) is 17.9. The number of nitrogens with zero attached hydrogens (tertiary/aromatic N) is 2. The lowest BCUT2D eigenvalue weighted by Gasteiger charge is -2.53. The van der Waals surface area contributed by atoms with E-state index in [0.29, 0.717) is 48.1 Å². The van der Waals surface area contributed by atoms with E-state index < -0.39 is 23.7 Å². The van der Waals surface area contributed by atoms with Gasteiger partial charge in [-0.1, -0.05) is 37.3 Å². The molecule has 2 heterocycles. The van der Waals surface area contributed by atoms with Crippen LogP contribution in [0.25, 0.3) is 0 Å². The van der Waals surface area contributed by atoms with Crippen LogP contribution in [0.4, 0.5) is 10.5 Å². The molecule has 192 valence electrons. The van der Waals surface area contributed by atoms with Crippen molar-refractivity contribution in [3.8, 4) is 17.2 Å². The van der Waals surface area contributed by atoms with Crippen LogP contribution in [-0.4, -0.2) is 35.8 Å². The van der Waals surface area contributed by atoms with Gasteiger partial charge in [0.2, 0.25) is 0 Å². The number of para-hydroxylation sites is 1. The number of ether oxygens (including phenoxy) is 3. The van der Waals surface area contributed by atoms with Gasteiger partial charge in [-0.3, -0.25) is 14.6 Å². The second-order valence-corrected chi connectivity index (χ2v) is 9.38. The summed E-state index contributed by atoms with van der Waals surface area (Å²) in [4.78, 5) is 31.3. The topological polar surface area (TPSA) is 68.3 Å². The zero-order valence-corrected chi connectivity index (χ0v) is 21.7. The lowest BCUT2D eigenvalue weighted by molar-refractivity contribution is 0.00266. The molecule has 0 N–H and O–H groups in total. The quantitative estimate of drug-likeness (QED) is 0.377. The van der Waals surface area contributed by atoms with Crippen molar-refractivity contribution in [2.45, 2.75) is 52.3 Å². The lowest BCUT2D eigenvalue weighted by atomic mass is 9.88. The van der Waals surface area contributed by atoms with Crippen molar-refractivity contribution in [3.05, 3.63) is 83.4 Å². The summed E-state index contributed by atoms with van der Waals surface area (Å²) in [7, 11) is 0. The highest BCUT2D eigenvalue weighted by Gasteiger charge is 2.55. The van der Waals surface area contributed by atoms with Crippen molar-refractivity contribution in [1.82, 2.24) is 4.90 Å². The van der Waals surface area contributed by atoms with Gasteiger partial charge in [0.05, 0.1) is 19.3 Å². The molecule has 3 amide bonds. The first-order valence-corrected chi connectivity index (χ1v) is 12.8. The zero-order chi connectivity index (χ0) is 26.2. The van der Waals surface area contributed by atoms with Crippen LogP contribution >= 0.6 is 0 Å². The largest absolute Gasteiger partial charge is 0.490 e. The fourth-order valence-electron chi connectivity index (χ4n) is 5.26. The SMILES string of the molecule is CCOc1ccc(C(=O)N2C(=O)N(c3cccc(CC)c3)[C@@]3(C)C[C@H]2c2ccccc2O3)cc1OCC. The third kappa shape index (κ3) is 4.28. The second kappa shape index (κ2) is 9.81. The van der Waals surface area contributed by atoms with Crippen LogP contribution in [0.2, 0.25) is 0 Å².